The molecule has 2 rings (SSSR count). The van der Waals surface area contributed by atoms with Crippen LogP contribution in [-0.2, 0) is 0 Å². The van der Waals surface area contributed by atoms with E-state index in [2.05, 4.69) is 26.1 Å². The number of urea groups is 1. The van der Waals surface area contributed by atoms with Crippen LogP contribution in [0.3, 0.4) is 0 Å². The Morgan fingerprint density at radius 2 is 1.76 bits per heavy atom. The van der Waals surface area contributed by atoms with Crippen LogP contribution in [0.4, 0.5) is 16.6 Å². The second kappa shape index (κ2) is 8.22. The molecule has 0 saturated heterocycles. The van der Waals surface area contributed by atoms with Gasteiger partial charge in [0.15, 0.2) is 17.3 Å². The molecule has 0 atom stereocenters. The molecule has 2 amide bonds. The zero-order chi connectivity index (χ0) is 18.4. The normalized spacial score (nSPS) is 10.3. The van der Waals surface area contributed by atoms with Crippen LogP contribution >= 0.6 is 0 Å². The van der Waals surface area contributed by atoms with Crippen LogP contribution in [-0.4, -0.2) is 50.4 Å². The lowest BCUT2D eigenvalue weighted by Crippen LogP contribution is -2.37. The zero-order valence-corrected chi connectivity index (χ0v) is 15.1. The number of aromatic nitrogens is 2. The summed E-state index contributed by atoms with van der Waals surface area (Å²) in [4.78, 5) is 22.7. The highest BCUT2D eigenvalue weighted by Gasteiger charge is 2.15. The van der Waals surface area contributed by atoms with Crippen LogP contribution in [0.15, 0.2) is 12.1 Å². The summed E-state index contributed by atoms with van der Waals surface area (Å²) in [5.41, 5.74) is 6.04. The summed E-state index contributed by atoms with van der Waals surface area (Å²) >= 11 is 0. The van der Waals surface area contributed by atoms with Crippen molar-refractivity contribution in [3.05, 3.63) is 12.1 Å². The number of ether oxygens (including phenoxy) is 2. The maximum Gasteiger partial charge on any atom is 0.333 e. The Hall–Kier alpha value is -2.97. The zero-order valence-electron chi connectivity index (χ0n) is 15.1. The van der Waals surface area contributed by atoms with E-state index < -0.39 is 0 Å². The fraction of sp³-hybridized carbons (Fsp3) is 0.438. The van der Waals surface area contributed by atoms with E-state index in [-0.39, 0.29) is 6.03 Å². The van der Waals surface area contributed by atoms with Crippen molar-refractivity contribution in [2.24, 2.45) is 0 Å². The number of anilines is 2. The molecule has 0 fully saturated rings. The maximum absolute atomic E-state index is 11.5. The fourth-order valence-corrected chi connectivity index (χ4v) is 2.37. The Morgan fingerprint density at radius 1 is 1.12 bits per heavy atom. The molecule has 0 unspecified atom stereocenters. The van der Waals surface area contributed by atoms with Gasteiger partial charge in [0.05, 0.1) is 19.7 Å². The number of hydrazine groups is 1. The van der Waals surface area contributed by atoms with E-state index >= 15 is 0 Å². The van der Waals surface area contributed by atoms with Crippen LogP contribution in [0, 0.1) is 0 Å². The molecular weight excluding hydrogens is 324 g/mol. The second-order valence-electron chi connectivity index (χ2n) is 5.10. The molecule has 25 heavy (non-hydrogen) atoms. The largest absolute Gasteiger partial charge is 0.493 e. The minimum absolute atomic E-state index is 0.378. The molecule has 2 aromatic rings. The number of carbonyl (C=O) groups is 1. The van der Waals surface area contributed by atoms with E-state index in [1.807, 2.05) is 18.7 Å². The van der Waals surface area contributed by atoms with Crippen LogP contribution in [0.1, 0.15) is 13.8 Å². The highest BCUT2D eigenvalue weighted by Crippen LogP contribution is 2.34. The number of methoxy groups -OCH3 is 2. The van der Waals surface area contributed by atoms with Crippen molar-refractivity contribution >= 4 is 28.7 Å². The molecule has 1 heterocycles. The molecule has 0 bridgehead atoms. The Labute approximate surface area is 146 Å². The molecule has 0 aliphatic rings. The third kappa shape index (κ3) is 3.93. The molecule has 9 nitrogen and oxygen atoms in total. The molecule has 1 aromatic carbocycles. The van der Waals surface area contributed by atoms with Crippen molar-refractivity contribution in [1.29, 1.82) is 0 Å². The van der Waals surface area contributed by atoms with Gasteiger partial charge in [0, 0.05) is 31.6 Å². The van der Waals surface area contributed by atoms with Crippen LogP contribution in [0.5, 0.6) is 11.5 Å². The number of benzene rings is 1. The second-order valence-corrected chi connectivity index (χ2v) is 5.10. The maximum atomic E-state index is 11.5. The van der Waals surface area contributed by atoms with E-state index in [9.17, 15) is 4.79 Å². The molecule has 3 N–H and O–H groups in total. The molecule has 0 spiro atoms. The van der Waals surface area contributed by atoms with Crippen molar-refractivity contribution in [2.45, 2.75) is 13.8 Å². The van der Waals surface area contributed by atoms with E-state index in [4.69, 9.17) is 9.47 Å². The van der Waals surface area contributed by atoms with Crippen molar-refractivity contribution in [3.8, 4) is 11.5 Å². The van der Waals surface area contributed by atoms with Gasteiger partial charge in [0.2, 0.25) is 5.95 Å². The first kappa shape index (κ1) is 18.4. The number of amides is 2. The van der Waals surface area contributed by atoms with Gasteiger partial charge in [-0.05, 0) is 19.9 Å². The quantitative estimate of drug-likeness (QED) is 0.655. The number of nitrogens with one attached hydrogen (secondary N) is 3. The lowest BCUT2D eigenvalue weighted by Gasteiger charge is -2.21. The predicted molar refractivity (Wildman–Crippen MR) is 97.4 cm³/mol. The average Bonchev–Trinajstić information content (AvgIpc) is 2.65. The SMILES string of the molecule is CCN(CC)c1nc(NNC(=O)NC)c2cc(OC)c(OC)cc2n1. The van der Waals surface area contributed by atoms with E-state index in [1.165, 1.54) is 7.05 Å². The van der Waals surface area contributed by atoms with Gasteiger partial charge in [0.25, 0.3) is 0 Å². The first-order chi connectivity index (χ1) is 12.1. The highest BCUT2D eigenvalue weighted by molar-refractivity contribution is 5.93. The molecule has 136 valence electrons. The standard InChI is InChI=1S/C16H24N6O3/c1-6-22(7-2)15-18-11-9-13(25-5)12(24-4)8-10(11)14(19-15)20-21-16(23)17-3/h8-9H,6-7H2,1-5H3,(H2,17,21,23)(H,18,19,20). The number of carbonyl (C=O) groups excluding carboxylic acids is 1. The summed E-state index contributed by atoms with van der Waals surface area (Å²) in [6, 6.07) is 3.18. The molecule has 0 aliphatic heterocycles. The van der Waals surface area contributed by atoms with Crippen molar-refractivity contribution < 1.29 is 14.3 Å². The van der Waals surface area contributed by atoms with Crippen LogP contribution in [0.25, 0.3) is 10.9 Å². The molecule has 0 aliphatic carbocycles. The summed E-state index contributed by atoms with van der Waals surface area (Å²) < 4.78 is 10.7. The monoisotopic (exact) mass is 348 g/mol. The minimum atomic E-state index is -0.378. The molecule has 0 saturated carbocycles. The van der Waals surface area contributed by atoms with Gasteiger partial charge >= 0.3 is 6.03 Å². The van der Waals surface area contributed by atoms with Gasteiger partial charge in [-0.15, -0.1) is 0 Å². The summed E-state index contributed by atoms with van der Waals surface area (Å²) in [5.74, 6) is 2.16. The average molecular weight is 348 g/mol. The van der Waals surface area contributed by atoms with Crippen LogP contribution in [0.2, 0.25) is 0 Å². The van der Waals surface area contributed by atoms with E-state index in [0.717, 1.165) is 13.1 Å². The van der Waals surface area contributed by atoms with Gasteiger partial charge in [-0.3, -0.25) is 10.9 Å². The van der Waals surface area contributed by atoms with Crippen LogP contribution < -0.4 is 30.5 Å². The van der Waals surface area contributed by atoms with Crippen molar-refractivity contribution in [3.63, 3.8) is 0 Å². The topological polar surface area (TPSA) is 101 Å². The first-order valence-corrected chi connectivity index (χ1v) is 8.00. The van der Waals surface area contributed by atoms with Gasteiger partial charge in [-0.25, -0.2) is 9.78 Å². The fourth-order valence-electron chi connectivity index (χ4n) is 2.37. The Bertz CT molecular complexity index is 748. The first-order valence-electron chi connectivity index (χ1n) is 8.00. The van der Waals surface area contributed by atoms with E-state index in [1.54, 1.807) is 26.4 Å². The minimum Gasteiger partial charge on any atom is -0.493 e. The summed E-state index contributed by atoms with van der Waals surface area (Å²) in [5, 5.41) is 3.17. The van der Waals surface area contributed by atoms with Crippen molar-refractivity contribution in [2.75, 3.05) is 44.7 Å². The lowest BCUT2D eigenvalue weighted by molar-refractivity contribution is 0.244. The molecule has 9 heteroatoms. The number of hydrogen-bond donors (Lipinski definition) is 3. The predicted octanol–water partition coefficient (Wildman–Crippen LogP) is 1.75. The Morgan fingerprint density at radius 3 is 2.32 bits per heavy atom. The Kier molecular flexibility index (Phi) is 6.04. The molecular formula is C16H24N6O3. The smallest absolute Gasteiger partial charge is 0.333 e. The molecule has 0 radical (unpaired) electrons. The van der Waals surface area contributed by atoms with E-state index in [0.29, 0.717) is 34.2 Å². The third-order valence-corrected chi connectivity index (χ3v) is 3.76. The summed E-state index contributed by atoms with van der Waals surface area (Å²) in [6.07, 6.45) is 0. The van der Waals surface area contributed by atoms with Gasteiger partial charge < -0.3 is 19.7 Å². The van der Waals surface area contributed by atoms with Gasteiger partial charge in [-0.2, -0.15) is 4.98 Å². The summed E-state index contributed by atoms with van der Waals surface area (Å²) in [7, 11) is 4.66. The number of rotatable bonds is 7. The highest BCUT2D eigenvalue weighted by atomic mass is 16.5. The number of hydrogen-bond acceptors (Lipinski definition) is 7. The lowest BCUT2D eigenvalue weighted by atomic mass is 10.2. The van der Waals surface area contributed by atoms with Crippen molar-refractivity contribution in [1.82, 2.24) is 20.7 Å². The third-order valence-electron chi connectivity index (χ3n) is 3.76. The summed E-state index contributed by atoms with van der Waals surface area (Å²) in [6.45, 7) is 5.58. The van der Waals surface area contributed by atoms with Gasteiger partial charge in [0.1, 0.15) is 0 Å². The molecule has 1 aromatic heterocycles. The Balaban J connectivity index is 2.60. The number of nitrogens with zero attached hydrogens (tertiary/aromatic N) is 3. The van der Waals surface area contributed by atoms with Gasteiger partial charge in [-0.1, -0.05) is 0 Å². The number of fused-ring (bicyclic) bond motifs is 1.